The van der Waals surface area contributed by atoms with Crippen LogP contribution >= 0.6 is 11.6 Å². The zero-order valence-electron chi connectivity index (χ0n) is 20.1. The fraction of sp³-hybridized carbons (Fsp3) is 0.250. The number of nitrogens with two attached hydrogens (primary N) is 1. The van der Waals surface area contributed by atoms with Crippen molar-refractivity contribution in [3.63, 3.8) is 0 Å². The van der Waals surface area contributed by atoms with Gasteiger partial charge in [0.2, 0.25) is 11.7 Å². The normalized spacial score (nSPS) is 11.4. The van der Waals surface area contributed by atoms with E-state index in [1.54, 1.807) is 24.3 Å². The Kier molecular flexibility index (Phi) is 6.84. The number of hydrogen-bond acceptors (Lipinski definition) is 8. The SMILES string of the molecule is COc1cc2ncnc(Nc3ccc(Oc4nn(CC(=O)NC(C)(C)C)cc4F)cc3Cl)c2cc1N. The molecule has 0 spiro atoms. The van der Waals surface area contributed by atoms with Gasteiger partial charge >= 0.3 is 0 Å². The molecule has 2 heterocycles. The van der Waals surface area contributed by atoms with Crippen molar-refractivity contribution >= 4 is 45.6 Å². The Morgan fingerprint density at radius 1 is 1.22 bits per heavy atom. The van der Waals surface area contributed by atoms with E-state index in [1.165, 1.54) is 24.2 Å². The van der Waals surface area contributed by atoms with Crippen LogP contribution in [0.1, 0.15) is 20.8 Å². The molecule has 0 aliphatic heterocycles. The van der Waals surface area contributed by atoms with Crippen LogP contribution in [-0.4, -0.2) is 38.3 Å². The van der Waals surface area contributed by atoms with Gasteiger partial charge in [-0.25, -0.2) is 9.97 Å². The summed E-state index contributed by atoms with van der Waals surface area (Å²) in [6.07, 6.45) is 2.50. The number of aromatic nitrogens is 4. The molecule has 0 unspecified atom stereocenters. The van der Waals surface area contributed by atoms with Gasteiger partial charge in [0.05, 0.1) is 35.2 Å². The quantitative estimate of drug-likeness (QED) is 0.304. The first-order valence-electron chi connectivity index (χ1n) is 10.9. The number of benzene rings is 2. The monoisotopic (exact) mass is 513 g/mol. The number of anilines is 3. The minimum atomic E-state index is -0.711. The maximum atomic E-state index is 14.4. The number of fused-ring (bicyclic) bond motifs is 1. The van der Waals surface area contributed by atoms with Gasteiger partial charge in [0.1, 0.15) is 30.2 Å². The van der Waals surface area contributed by atoms with Gasteiger partial charge in [-0.1, -0.05) is 11.6 Å². The molecule has 2 aromatic carbocycles. The molecule has 36 heavy (non-hydrogen) atoms. The van der Waals surface area contributed by atoms with Crippen molar-refractivity contribution in [3.05, 3.63) is 53.7 Å². The zero-order valence-corrected chi connectivity index (χ0v) is 20.9. The number of ether oxygens (including phenoxy) is 2. The third kappa shape index (κ3) is 5.74. The van der Waals surface area contributed by atoms with Gasteiger partial charge in [-0.15, -0.1) is 5.10 Å². The second kappa shape index (κ2) is 9.86. The molecule has 0 atom stereocenters. The Balaban J connectivity index is 1.50. The lowest BCUT2D eigenvalue weighted by atomic mass is 10.1. The highest BCUT2D eigenvalue weighted by Gasteiger charge is 2.18. The van der Waals surface area contributed by atoms with Gasteiger partial charge in [0, 0.05) is 23.1 Å². The third-order valence-electron chi connectivity index (χ3n) is 4.90. The molecular weight excluding hydrogens is 489 g/mol. The molecule has 1 amide bonds. The summed E-state index contributed by atoms with van der Waals surface area (Å²) in [6, 6.07) is 8.19. The van der Waals surface area contributed by atoms with Crippen LogP contribution < -0.4 is 25.8 Å². The summed E-state index contributed by atoms with van der Waals surface area (Å²) >= 11 is 6.45. The molecule has 0 saturated carbocycles. The van der Waals surface area contributed by atoms with Crippen molar-refractivity contribution < 1.29 is 18.7 Å². The molecule has 0 fully saturated rings. The van der Waals surface area contributed by atoms with E-state index in [0.29, 0.717) is 38.9 Å². The average molecular weight is 514 g/mol. The van der Waals surface area contributed by atoms with Crippen LogP contribution in [-0.2, 0) is 11.3 Å². The van der Waals surface area contributed by atoms with Crippen molar-refractivity contribution in [2.75, 3.05) is 18.2 Å². The highest BCUT2D eigenvalue weighted by molar-refractivity contribution is 6.33. The Morgan fingerprint density at radius 2 is 2.00 bits per heavy atom. The first-order valence-corrected chi connectivity index (χ1v) is 11.3. The Bertz CT molecular complexity index is 1440. The fourth-order valence-corrected chi connectivity index (χ4v) is 3.63. The van der Waals surface area contributed by atoms with E-state index in [2.05, 4.69) is 25.7 Å². The number of nitrogen functional groups attached to an aromatic ring is 1. The van der Waals surface area contributed by atoms with Gasteiger partial charge in [-0.2, -0.15) is 4.39 Å². The van der Waals surface area contributed by atoms with Gasteiger partial charge in [-0.05, 0) is 39.0 Å². The summed E-state index contributed by atoms with van der Waals surface area (Å²) < 4.78 is 26.3. The molecule has 4 N–H and O–H groups in total. The van der Waals surface area contributed by atoms with Gasteiger partial charge in [-0.3, -0.25) is 9.48 Å². The summed E-state index contributed by atoms with van der Waals surface area (Å²) in [5.74, 6) is -0.0267. The standard InChI is InChI=1S/C24H25ClFN7O3/c1-24(2,3)31-21(34)11-33-10-16(26)23(32-33)36-13-5-6-18(15(25)7-13)30-22-14-8-17(27)20(35-4)9-19(14)28-12-29-22/h5-10,12H,11,27H2,1-4H3,(H,31,34)(H,28,29,30). The molecule has 0 radical (unpaired) electrons. The van der Waals surface area contributed by atoms with Gasteiger partial charge in [0.25, 0.3) is 5.88 Å². The number of hydrogen-bond donors (Lipinski definition) is 3. The smallest absolute Gasteiger partial charge is 0.274 e. The minimum Gasteiger partial charge on any atom is -0.495 e. The number of halogens is 2. The largest absolute Gasteiger partial charge is 0.495 e. The number of carbonyl (C=O) groups is 1. The van der Waals surface area contributed by atoms with E-state index in [0.717, 1.165) is 6.20 Å². The Morgan fingerprint density at radius 3 is 2.69 bits per heavy atom. The van der Waals surface area contributed by atoms with Crippen LogP contribution in [0.15, 0.2) is 42.9 Å². The summed E-state index contributed by atoms with van der Waals surface area (Å²) in [4.78, 5) is 20.6. The van der Waals surface area contributed by atoms with Crippen LogP contribution in [0.5, 0.6) is 17.4 Å². The molecule has 2 aromatic heterocycles. The van der Waals surface area contributed by atoms with Crippen LogP contribution in [0, 0.1) is 5.82 Å². The maximum absolute atomic E-state index is 14.4. The number of methoxy groups -OCH3 is 1. The number of rotatable bonds is 7. The first-order chi connectivity index (χ1) is 17.0. The van der Waals surface area contributed by atoms with Gasteiger partial charge in [0.15, 0.2) is 0 Å². The van der Waals surface area contributed by atoms with E-state index < -0.39 is 11.4 Å². The summed E-state index contributed by atoms with van der Waals surface area (Å²) in [6.45, 7) is 5.41. The molecule has 0 saturated heterocycles. The lowest BCUT2D eigenvalue weighted by molar-refractivity contribution is -0.123. The topological polar surface area (TPSA) is 129 Å². The number of nitrogens with one attached hydrogen (secondary N) is 2. The highest BCUT2D eigenvalue weighted by Crippen LogP contribution is 2.35. The van der Waals surface area contributed by atoms with Gasteiger partial charge < -0.3 is 25.8 Å². The van der Waals surface area contributed by atoms with Crippen molar-refractivity contribution in [1.82, 2.24) is 25.1 Å². The second-order valence-corrected chi connectivity index (χ2v) is 9.39. The molecule has 4 rings (SSSR count). The van der Waals surface area contributed by atoms with Crippen LogP contribution in [0.4, 0.5) is 21.6 Å². The Labute approximate surface area is 211 Å². The fourth-order valence-electron chi connectivity index (χ4n) is 3.41. The van der Waals surface area contributed by atoms with E-state index in [4.69, 9.17) is 26.8 Å². The average Bonchev–Trinajstić information content (AvgIpc) is 3.12. The van der Waals surface area contributed by atoms with E-state index in [9.17, 15) is 9.18 Å². The third-order valence-corrected chi connectivity index (χ3v) is 5.21. The summed E-state index contributed by atoms with van der Waals surface area (Å²) in [5, 5.41) is 10.9. The predicted octanol–water partition coefficient (Wildman–Crippen LogP) is 4.66. The van der Waals surface area contributed by atoms with Crippen LogP contribution in [0.2, 0.25) is 5.02 Å². The number of amides is 1. The molecule has 0 aliphatic carbocycles. The van der Waals surface area contributed by atoms with E-state index in [-0.39, 0.29) is 24.1 Å². The number of nitrogens with zero attached hydrogens (tertiary/aromatic N) is 4. The minimum absolute atomic E-state index is 0.148. The second-order valence-electron chi connectivity index (χ2n) is 8.98. The summed E-state index contributed by atoms with van der Waals surface area (Å²) in [5.41, 5.74) is 7.23. The van der Waals surface area contributed by atoms with Crippen molar-refractivity contribution in [3.8, 4) is 17.4 Å². The van der Waals surface area contributed by atoms with Crippen LogP contribution in [0.25, 0.3) is 10.9 Å². The zero-order chi connectivity index (χ0) is 26.0. The molecular formula is C24H25ClFN7O3. The van der Waals surface area contributed by atoms with Crippen LogP contribution in [0.3, 0.4) is 0 Å². The van der Waals surface area contributed by atoms with E-state index in [1.807, 2.05) is 20.8 Å². The van der Waals surface area contributed by atoms with Crippen molar-refractivity contribution in [1.29, 1.82) is 0 Å². The van der Waals surface area contributed by atoms with Crippen molar-refractivity contribution in [2.45, 2.75) is 32.9 Å². The Hall–Kier alpha value is -4.12. The first kappa shape index (κ1) is 25.0. The molecule has 0 bridgehead atoms. The molecule has 188 valence electrons. The molecule has 4 aromatic rings. The lowest BCUT2D eigenvalue weighted by Crippen LogP contribution is -2.42. The molecule has 0 aliphatic rings. The number of carbonyl (C=O) groups excluding carboxylic acids is 1. The van der Waals surface area contributed by atoms with E-state index >= 15 is 0 Å². The molecule has 10 nitrogen and oxygen atoms in total. The highest BCUT2D eigenvalue weighted by atomic mass is 35.5. The predicted molar refractivity (Wildman–Crippen MR) is 135 cm³/mol. The van der Waals surface area contributed by atoms with Crippen molar-refractivity contribution in [2.24, 2.45) is 0 Å². The summed E-state index contributed by atoms with van der Waals surface area (Å²) in [7, 11) is 1.53. The molecule has 12 heteroatoms. The maximum Gasteiger partial charge on any atom is 0.274 e. The lowest BCUT2D eigenvalue weighted by Gasteiger charge is -2.20.